The first kappa shape index (κ1) is 22.7. The van der Waals surface area contributed by atoms with Gasteiger partial charge in [0.25, 0.3) is 0 Å². The molecule has 8 heteroatoms. The standard InChI is InChI=1S/C21H31N3O5/c1-14-8-15(2)10-16(9-14)17(25)11-22-18(26)12-23-6-7-24(13-19(23)27)20(28)29-21(3,4)5/h8-10,17,25H,6-7,11-13H2,1-5H3,(H,22,26). The van der Waals surface area contributed by atoms with Gasteiger partial charge in [-0.25, -0.2) is 4.79 Å². The average Bonchev–Trinajstić information content (AvgIpc) is 2.59. The molecule has 160 valence electrons. The van der Waals surface area contributed by atoms with Crippen molar-refractivity contribution < 1.29 is 24.2 Å². The van der Waals surface area contributed by atoms with E-state index in [1.807, 2.05) is 32.0 Å². The Balaban J connectivity index is 1.81. The van der Waals surface area contributed by atoms with E-state index < -0.39 is 17.8 Å². The Labute approximate surface area is 171 Å². The van der Waals surface area contributed by atoms with E-state index in [0.29, 0.717) is 6.54 Å². The van der Waals surface area contributed by atoms with Crippen LogP contribution in [0.25, 0.3) is 0 Å². The summed E-state index contributed by atoms with van der Waals surface area (Å²) in [6, 6.07) is 5.77. The van der Waals surface area contributed by atoms with Crippen molar-refractivity contribution in [2.45, 2.75) is 46.3 Å². The lowest BCUT2D eigenvalue weighted by Crippen LogP contribution is -2.55. The maximum atomic E-state index is 12.3. The molecule has 1 aliphatic heterocycles. The Morgan fingerprint density at radius 1 is 1.17 bits per heavy atom. The van der Waals surface area contributed by atoms with Gasteiger partial charge in [0.05, 0.1) is 12.6 Å². The zero-order valence-corrected chi connectivity index (χ0v) is 17.8. The van der Waals surface area contributed by atoms with E-state index in [4.69, 9.17) is 4.74 Å². The fraction of sp³-hybridized carbons (Fsp3) is 0.571. The molecule has 0 aliphatic carbocycles. The molecule has 0 radical (unpaired) electrons. The Bertz CT molecular complexity index is 752. The molecule has 0 saturated carbocycles. The molecule has 2 N–H and O–H groups in total. The minimum Gasteiger partial charge on any atom is -0.444 e. The number of hydrogen-bond donors (Lipinski definition) is 2. The van der Waals surface area contributed by atoms with Crippen LogP contribution in [-0.4, -0.2) is 71.1 Å². The van der Waals surface area contributed by atoms with Gasteiger partial charge in [-0.3, -0.25) is 14.5 Å². The van der Waals surface area contributed by atoms with Crippen LogP contribution < -0.4 is 5.32 Å². The van der Waals surface area contributed by atoms with Crippen LogP contribution in [0, 0.1) is 13.8 Å². The van der Waals surface area contributed by atoms with Gasteiger partial charge in [0.2, 0.25) is 11.8 Å². The number of benzene rings is 1. The number of ether oxygens (including phenoxy) is 1. The van der Waals surface area contributed by atoms with Crippen LogP contribution >= 0.6 is 0 Å². The van der Waals surface area contributed by atoms with Gasteiger partial charge < -0.3 is 20.1 Å². The number of nitrogens with one attached hydrogen (secondary N) is 1. The first-order valence-electron chi connectivity index (χ1n) is 9.73. The van der Waals surface area contributed by atoms with E-state index in [-0.39, 0.29) is 38.0 Å². The lowest BCUT2D eigenvalue weighted by molar-refractivity contribution is -0.140. The summed E-state index contributed by atoms with van der Waals surface area (Å²) in [4.78, 5) is 39.3. The number of rotatable bonds is 5. The number of piperazine rings is 1. The molecule has 2 rings (SSSR count). The minimum atomic E-state index is -0.822. The van der Waals surface area contributed by atoms with Gasteiger partial charge in [-0.05, 0) is 40.2 Å². The molecule has 8 nitrogen and oxygen atoms in total. The Morgan fingerprint density at radius 2 is 1.79 bits per heavy atom. The van der Waals surface area contributed by atoms with Crippen LogP contribution in [-0.2, 0) is 14.3 Å². The van der Waals surface area contributed by atoms with Crippen molar-refractivity contribution in [1.82, 2.24) is 15.1 Å². The summed E-state index contributed by atoms with van der Waals surface area (Å²) in [6.45, 7) is 9.58. The van der Waals surface area contributed by atoms with Gasteiger partial charge in [-0.2, -0.15) is 0 Å². The molecule has 1 heterocycles. The van der Waals surface area contributed by atoms with Gasteiger partial charge >= 0.3 is 6.09 Å². The summed E-state index contributed by atoms with van der Waals surface area (Å²) in [7, 11) is 0. The second-order valence-electron chi connectivity index (χ2n) is 8.46. The van der Waals surface area contributed by atoms with Crippen LogP contribution in [0.2, 0.25) is 0 Å². The average molecular weight is 405 g/mol. The summed E-state index contributed by atoms with van der Waals surface area (Å²) < 4.78 is 5.27. The molecule has 1 fully saturated rings. The molecule has 0 spiro atoms. The smallest absolute Gasteiger partial charge is 0.410 e. The number of hydrogen-bond acceptors (Lipinski definition) is 5. The molecule has 0 bridgehead atoms. The van der Waals surface area contributed by atoms with Crippen LogP contribution in [0.15, 0.2) is 18.2 Å². The highest BCUT2D eigenvalue weighted by Crippen LogP contribution is 2.16. The zero-order valence-electron chi connectivity index (χ0n) is 17.8. The lowest BCUT2D eigenvalue weighted by Gasteiger charge is -2.34. The number of carbonyl (C=O) groups is 3. The predicted octanol–water partition coefficient (Wildman–Crippen LogP) is 1.53. The van der Waals surface area contributed by atoms with Crippen molar-refractivity contribution in [2.24, 2.45) is 0 Å². The number of aryl methyl sites for hydroxylation is 2. The molecule has 1 aliphatic rings. The molecule has 29 heavy (non-hydrogen) atoms. The van der Waals surface area contributed by atoms with Crippen LogP contribution in [0.3, 0.4) is 0 Å². The Morgan fingerprint density at radius 3 is 2.34 bits per heavy atom. The fourth-order valence-corrected chi connectivity index (χ4v) is 3.12. The topological polar surface area (TPSA) is 99.2 Å². The normalized spacial score (nSPS) is 15.9. The molecule has 1 atom stereocenters. The zero-order chi connectivity index (χ0) is 21.8. The number of aliphatic hydroxyl groups is 1. The summed E-state index contributed by atoms with van der Waals surface area (Å²) in [5, 5.41) is 13.0. The first-order chi connectivity index (χ1) is 13.4. The van der Waals surface area contributed by atoms with E-state index >= 15 is 0 Å². The van der Waals surface area contributed by atoms with E-state index in [1.54, 1.807) is 20.8 Å². The van der Waals surface area contributed by atoms with Crippen molar-refractivity contribution >= 4 is 17.9 Å². The largest absolute Gasteiger partial charge is 0.444 e. The van der Waals surface area contributed by atoms with E-state index in [1.165, 1.54) is 9.80 Å². The highest BCUT2D eigenvalue weighted by atomic mass is 16.6. The second kappa shape index (κ2) is 9.26. The maximum Gasteiger partial charge on any atom is 0.410 e. The highest BCUT2D eigenvalue weighted by molar-refractivity contribution is 5.88. The number of amides is 3. The van der Waals surface area contributed by atoms with Crippen LogP contribution in [0.5, 0.6) is 0 Å². The van der Waals surface area contributed by atoms with E-state index in [9.17, 15) is 19.5 Å². The van der Waals surface area contributed by atoms with Crippen molar-refractivity contribution in [2.75, 3.05) is 32.7 Å². The minimum absolute atomic E-state index is 0.0633. The summed E-state index contributed by atoms with van der Waals surface area (Å²) in [5.74, 6) is -0.667. The SMILES string of the molecule is Cc1cc(C)cc(C(O)CNC(=O)CN2CCN(C(=O)OC(C)(C)C)CC2=O)c1. The second-order valence-corrected chi connectivity index (χ2v) is 8.46. The Kier molecular flexibility index (Phi) is 7.24. The van der Waals surface area contributed by atoms with Gasteiger partial charge in [0.1, 0.15) is 12.1 Å². The van der Waals surface area contributed by atoms with Crippen molar-refractivity contribution in [3.05, 3.63) is 34.9 Å². The third-order valence-corrected chi connectivity index (χ3v) is 4.43. The maximum absolute atomic E-state index is 12.3. The van der Waals surface area contributed by atoms with Gasteiger partial charge in [0, 0.05) is 19.6 Å². The quantitative estimate of drug-likeness (QED) is 0.774. The third-order valence-electron chi connectivity index (χ3n) is 4.43. The number of aliphatic hydroxyl groups excluding tert-OH is 1. The summed E-state index contributed by atoms with van der Waals surface area (Å²) in [5.41, 5.74) is 2.19. The van der Waals surface area contributed by atoms with Crippen LogP contribution in [0.4, 0.5) is 4.79 Å². The molecular weight excluding hydrogens is 374 g/mol. The molecule has 3 amide bonds. The van der Waals surface area contributed by atoms with Crippen molar-refractivity contribution in [1.29, 1.82) is 0 Å². The summed E-state index contributed by atoms with van der Waals surface area (Å²) >= 11 is 0. The Hall–Kier alpha value is -2.61. The van der Waals surface area contributed by atoms with Gasteiger partial charge in [0.15, 0.2) is 0 Å². The van der Waals surface area contributed by atoms with Crippen molar-refractivity contribution in [3.63, 3.8) is 0 Å². The fourth-order valence-electron chi connectivity index (χ4n) is 3.12. The van der Waals surface area contributed by atoms with E-state index in [0.717, 1.165) is 16.7 Å². The van der Waals surface area contributed by atoms with Crippen molar-refractivity contribution in [3.8, 4) is 0 Å². The van der Waals surface area contributed by atoms with Crippen LogP contribution in [0.1, 0.15) is 43.6 Å². The van der Waals surface area contributed by atoms with E-state index in [2.05, 4.69) is 5.32 Å². The molecule has 0 aromatic heterocycles. The highest BCUT2D eigenvalue weighted by Gasteiger charge is 2.31. The molecule has 1 saturated heterocycles. The molecule has 1 unspecified atom stereocenters. The summed E-state index contributed by atoms with van der Waals surface area (Å²) in [6.07, 6.45) is -1.36. The predicted molar refractivity (Wildman–Crippen MR) is 108 cm³/mol. The molecular formula is C21H31N3O5. The third kappa shape index (κ3) is 7.05. The molecule has 1 aromatic carbocycles. The number of nitrogens with zero attached hydrogens (tertiary/aromatic N) is 2. The molecule has 1 aromatic rings. The van der Waals surface area contributed by atoms with Gasteiger partial charge in [-0.1, -0.05) is 29.3 Å². The van der Waals surface area contributed by atoms with Gasteiger partial charge in [-0.15, -0.1) is 0 Å². The number of carbonyl (C=O) groups excluding carboxylic acids is 3. The first-order valence-corrected chi connectivity index (χ1v) is 9.73. The monoisotopic (exact) mass is 405 g/mol. The lowest BCUT2D eigenvalue weighted by atomic mass is 10.0.